The van der Waals surface area contributed by atoms with Gasteiger partial charge >= 0.3 is 0 Å². The molecule has 2 aliphatic carbocycles. The maximum absolute atomic E-state index is 9.12. The van der Waals surface area contributed by atoms with E-state index in [9.17, 15) is 0 Å². The average molecular weight is 205 g/mol. The number of hydrogen-bond donors (Lipinski definition) is 0. The fourth-order valence-electron chi connectivity index (χ4n) is 3.52. The highest BCUT2D eigenvalue weighted by atomic mass is 14.5. The molecule has 3 atom stereocenters. The minimum atomic E-state index is 0.239. The predicted octanol–water partition coefficient (Wildman–Crippen LogP) is 3.56. The Morgan fingerprint density at radius 1 is 1.06 bits per heavy atom. The van der Waals surface area contributed by atoms with E-state index in [0.29, 0.717) is 11.8 Å². The molecule has 1 nitrogen and oxygen atoms in total. The molecule has 0 aliphatic heterocycles. The SMILES string of the molecule is N#C[C@H]1C[C@H]2c3cccc4cccc(c34)[C@@H]12. The van der Waals surface area contributed by atoms with Crippen molar-refractivity contribution in [3.05, 3.63) is 47.5 Å². The molecule has 0 amide bonds. The van der Waals surface area contributed by atoms with Crippen LogP contribution in [-0.2, 0) is 0 Å². The van der Waals surface area contributed by atoms with Gasteiger partial charge in [-0.15, -0.1) is 0 Å². The lowest BCUT2D eigenvalue weighted by molar-refractivity contribution is 0.279. The highest BCUT2D eigenvalue weighted by Crippen LogP contribution is 2.60. The third-order valence-electron chi connectivity index (χ3n) is 4.27. The number of fused-ring (bicyclic) bond motifs is 3. The Morgan fingerprint density at radius 2 is 1.81 bits per heavy atom. The largest absolute Gasteiger partial charge is 0.198 e. The van der Waals surface area contributed by atoms with Crippen LogP contribution in [0.2, 0.25) is 0 Å². The van der Waals surface area contributed by atoms with E-state index in [1.807, 2.05) is 0 Å². The third-order valence-corrected chi connectivity index (χ3v) is 4.27. The van der Waals surface area contributed by atoms with Crippen LogP contribution in [0.4, 0.5) is 0 Å². The molecule has 0 saturated heterocycles. The molecule has 1 heteroatoms. The quantitative estimate of drug-likeness (QED) is 0.645. The molecule has 0 radical (unpaired) electrons. The van der Waals surface area contributed by atoms with Crippen molar-refractivity contribution in [1.82, 2.24) is 0 Å². The lowest BCUT2D eigenvalue weighted by Crippen LogP contribution is -2.28. The molecule has 0 N–H and O–H groups in total. The summed E-state index contributed by atoms with van der Waals surface area (Å²) in [6, 6.07) is 15.5. The fourth-order valence-corrected chi connectivity index (χ4v) is 3.52. The van der Waals surface area contributed by atoms with Crippen LogP contribution < -0.4 is 0 Å². The normalized spacial score (nSPS) is 29.6. The highest BCUT2D eigenvalue weighted by Gasteiger charge is 2.48. The zero-order valence-electron chi connectivity index (χ0n) is 8.85. The van der Waals surface area contributed by atoms with E-state index in [-0.39, 0.29) is 5.92 Å². The first-order chi connectivity index (χ1) is 7.90. The number of rotatable bonds is 0. The molecular weight excluding hydrogens is 194 g/mol. The Balaban J connectivity index is 2.07. The fraction of sp³-hybridized carbons (Fsp3) is 0.267. The standard InChI is InChI=1S/C15H11N/c16-8-10-7-13-11-5-1-3-9-4-2-6-12(14(9)11)15(10)13/h1-6,10,13,15H,7H2/t10-,13+,15-/m1/s1. The van der Waals surface area contributed by atoms with Gasteiger partial charge in [0.2, 0.25) is 0 Å². The molecule has 0 aromatic heterocycles. The number of nitrogens with zero attached hydrogens (tertiary/aromatic N) is 1. The van der Waals surface area contributed by atoms with Gasteiger partial charge in [-0.1, -0.05) is 36.4 Å². The van der Waals surface area contributed by atoms with Crippen LogP contribution in [0.15, 0.2) is 36.4 Å². The lowest BCUT2D eigenvalue weighted by atomic mass is 9.64. The van der Waals surface area contributed by atoms with E-state index in [1.54, 1.807) is 0 Å². The van der Waals surface area contributed by atoms with Crippen molar-refractivity contribution in [1.29, 1.82) is 5.26 Å². The number of hydrogen-bond acceptors (Lipinski definition) is 1. The van der Waals surface area contributed by atoms with Gasteiger partial charge in [0, 0.05) is 5.92 Å². The summed E-state index contributed by atoms with van der Waals surface area (Å²) in [5.74, 6) is 1.33. The molecule has 2 aliphatic rings. The Labute approximate surface area is 94.3 Å². The lowest BCUT2D eigenvalue weighted by Gasteiger charge is -2.37. The van der Waals surface area contributed by atoms with Gasteiger partial charge in [0.05, 0.1) is 12.0 Å². The second kappa shape index (κ2) is 2.65. The first-order valence-electron chi connectivity index (χ1n) is 5.81. The van der Waals surface area contributed by atoms with Gasteiger partial charge in [-0.25, -0.2) is 0 Å². The van der Waals surface area contributed by atoms with E-state index in [4.69, 9.17) is 5.26 Å². The summed E-state index contributed by atoms with van der Waals surface area (Å²) in [5.41, 5.74) is 2.89. The van der Waals surface area contributed by atoms with Crippen molar-refractivity contribution >= 4 is 10.8 Å². The molecule has 1 saturated carbocycles. The third kappa shape index (κ3) is 0.782. The maximum Gasteiger partial charge on any atom is 0.0662 e. The van der Waals surface area contributed by atoms with Crippen LogP contribution in [0.25, 0.3) is 10.8 Å². The van der Waals surface area contributed by atoms with Crippen LogP contribution in [0.3, 0.4) is 0 Å². The van der Waals surface area contributed by atoms with Gasteiger partial charge in [0.1, 0.15) is 0 Å². The molecule has 2 aromatic rings. The molecule has 0 spiro atoms. The smallest absolute Gasteiger partial charge is 0.0662 e. The van der Waals surface area contributed by atoms with E-state index >= 15 is 0 Å². The zero-order chi connectivity index (χ0) is 10.7. The molecule has 1 fully saturated rings. The summed E-state index contributed by atoms with van der Waals surface area (Å²) in [7, 11) is 0. The minimum absolute atomic E-state index is 0.239. The average Bonchev–Trinajstić information content (AvgIpc) is 2.51. The monoisotopic (exact) mass is 205 g/mol. The van der Waals surface area contributed by atoms with E-state index in [2.05, 4.69) is 42.5 Å². The second-order valence-corrected chi connectivity index (χ2v) is 4.90. The van der Waals surface area contributed by atoms with Crippen LogP contribution in [0, 0.1) is 17.2 Å². The van der Waals surface area contributed by atoms with E-state index in [1.165, 1.54) is 21.9 Å². The van der Waals surface area contributed by atoms with Gasteiger partial charge in [0.25, 0.3) is 0 Å². The van der Waals surface area contributed by atoms with Crippen molar-refractivity contribution in [2.24, 2.45) is 5.92 Å². The van der Waals surface area contributed by atoms with Gasteiger partial charge < -0.3 is 0 Å². The second-order valence-electron chi connectivity index (χ2n) is 4.90. The Morgan fingerprint density at radius 3 is 2.56 bits per heavy atom. The predicted molar refractivity (Wildman–Crippen MR) is 63.2 cm³/mol. The summed E-state index contributed by atoms with van der Waals surface area (Å²) in [5, 5.41) is 11.9. The first kappa shape index (κ1) is 8.35. The molecule has 0 heterocycles. The Kier molecular flexibility index (Phi) is 1.38. The molecule has 76 valence electrons. The van der Waals surface area contributed by atoms with E-state index < -0.39 is 0 Å². The molecule has 4 rings (SSSR count). The number of benzene rings is 2. The van der Waals surface area contributed by atoms with Crippen molar-refractivity contribution in [3.8, 4) is 6.07 Å². The molecular formula is C15H11N. The maximum atomic E-state index is 9.12. The van der Waals surface area contributed by atoms with Crippen LogP contribution in [0.5, 0.6) is 0 Å². The van der Waals surface area contributed by atoms with E-state index in [0.717, 1.165) is 6.42 Å². The molecule has 0 bridgehead atoms. The van der Waals surface area contributed by atoms with Crippen molar-refractivity contribution < 1.29 is 0 Å². The highest BCUT2D eigenvalue weighted by molar-refractivity contribution is 5.93. The Hall–Kier alpha value is -1.81. The number of nitriles is 1. The van der Waals surface area contributed by atoms with Crippen LogP contribution in [-0.4, -0.2) is 0 Å². The summed E-state index contributed by atoms with van der Waals surface area (Å²) in [4.78, 5) is 0. The van der Waals surface area contributed by atoms with Crippen LogP contribution in [0.1, 0.15) is 29.4 Å². The van der Waals surface area contributed by atoms with Gasteiger partial charge in [-0.2, -0.15) is 5.26 Å². The molecule has 16 heavy (non-hydrogen) atoms. The topological polar surface area (TPSA) is 23.8 Å². The van der Waals surface area contributed by atoms with Gasteiger partial charge in [0.15, 0.2) is 0 Å². The summed E-state index contributed by atoms with van der Waals surface area (Å²) in [6.45, 7) is 0. The van der Waals surface area contributed by atoms with Crippen molar-refractivity contribution in [3.63, 3.8) is 0 Å². The summed E-state index contributed by atoms with van der Waals surface area (Å²) < 4.78 is 0. The minimum Gasteiger partial charge on any atom is -0.198 e. The van der Waals surface area contributed by atoms with Gasteiger partial charge in [-0.3, -0.25) is 0 Å². The van der Waals surface area contributed by atoms with Crippen molar-refractivity contribution in [2.45, 2.75) is 18.3 Å². The van der Waals surface area contributed by atoms with Gasteiger partial charge in [-0.05, 0) is 34.2 Å². The van der Waals surface area contributed by atoms with Crippen molar-refractivity contribution in [2.75, 3.05) is 0 Å². The summed E-state index contributed by atoms with van der Waals surface area (Å²) >= 11 is 0. The molecule has 0 unspecified atom stereocenters. The summed E-state index contributed by atoms with van der Waals surface area (Å²) in [6.07, 6.45) is 1.05. The zero-order valence-corrected chi connectivity index (χ0v) is 8.85. The Bertz CT molecular complexity index is 630. The molecule has 2 aromatic carbocycles. The van der Waals surface area contributed by atoms with Crippen LogP contribution >= 0.6 is 0 Å². The first-order valence-corrected chi connectivity index (χ1v) is 5.81.